The molecular weight excluding hydrogens is 310 g/mol. The predicted octanol–water partition coefficient (Wildman–Crippen LogP) is 4.59. The molecule has 1 amide bonds. The van der Waals surface area contributed by atoms with Crippen molar-refractivity contribution >= 4 is 11.7 Å². The smallest absolute Gasteiger partial charge is 0.254 e. The van der Waals surface area contributed by atoms with Crippen LogP contribution in [0.15, 0.2) is 48.7 Å². The highest BCUT2D eigenvalue weighted by molar-refractivity contribution is 5.95. The van der Waals surface area contributed by atoms with Crippen molar-refractivity contribution in [1.82, 2.24) is 9.88 Å². The van der Waals surface area contributed by atoms with Crippen LogP contribution < -0.4 is 5.32 Å². The van der Waals surface area contributed by atoms with Crippen molar-refractivity contribution in [3.63, 3.8) is 0 Å². The standard InChI is InChI=1S/C21H29N3O/c1-16(2)10-12-22-20-14-19(11-13-23-20)21(25)24(17(3)4)15-18-8-6-5-7-9-18/h5-9,11,13-14,16-17H,10,12,15H2,1-4H3,(H,22,23). The van der Waals surface area contributed by atoms with Gasteiger partial charge < -0.3 is 10.2 Å². The van der Waals surface area contributed by atoms with Gasteiger partial charge in [-0.3, -0.25) is 4.79 Å². The molecule has 1 aromatic carbocycles. The quantitative estimate of drug-likeness (QED) is 0.765. The summed E-state index contributed by atoms with van der Waals surface area (Å²) in [5.41, 5.74) is 1.81. The summed E-state index contributed by atoms with van der Waals surface area (Å²) in [4.78, 5) is 19.2. The van der Waals surface area contributed by atoms with Gasteiger partial charge in [-0.2, -0.15) is 0 Å². The Balaban J connectivity index is 2.10. The van der Waals surface area contributed by atoms with E-state index < -0.39 is 0 Å². The van der Waals surface area contributed by atoms with Crippen LogP contribution in [0.5, 0.6) is 0 Å². The van der Waals surface area contributed by atoms with Gasteiger partial charge in [0.2, 0.25) is 0 Å². The number of rotatable bonds is 8. The predicted molar refractivity (Wildman–Crippen MR) is 104 cm³/mol. The number of anilines is 1. The van der Waals surface area contributed by atoms with E-state index in [0.717, 1.165) is 24.3 Å². The molecule has 4 nitrogen and oxygen atoms in total. The Hall–Kier alpha value is -2.36. The van der Waals surface area contributed by atoms with Gasteiger partial charge in [-0.25, -0.2) is 4.98 Å². The highest BCUT2D eigenvalue weighted by Crippen LogP contribution is 2.15. The fourth-order valence-corrected chi connectivity index (χ4v) is 2.58. The van der Waals surface area contributed by atoms with Crippen molar-refractivity contribution in [1.29, 1.82) is 0 Å². The molecule has 25 heavy (non-hydrogen) atoms. The van der Waals surface area contributed by atoms with Gasteiger partial charge in [0, 0.05) is 30.9 Å². The third-order valence-corrected chi connectivity index (χ3v) is 4.11. The van der Waals surface area contributed by atoms with Crippen LogP contribution in [0.2, 0.25) is 0 Å². The first-order valence-electron chi connectivity index (χ1n) is 9.02. The molecule has 1 heterocycles. The van der Waals surface area contributed by atoms with Crippen LogP contribution in [0.3, 0.4) is 0 Å². The van der Waals surface area contributed by atoms with E-state index in [1.807, 2.05) is 55.1 Å². The summed E-state index contributed by atoms with van der Waals surface area (Å²) >= 11 is 0. The van der Waals surface area contributed by atoms with Crippen molar-refractivity contribution < 1.29 is 4.79 Å². The first-order chi connectivity index (χ1) is 12.0. The van der Waals surface area contributed by atoms with Crippen LogP contribution in [0, 0.1) is 5.92 Å². The molecule has 0 spiro atoms. The molecule has 1 aromatic heterocycles. The average Bonchev–Trinajstić information content (AvgIpc) is 2.60. The van der Waals surface area contributed by atoms with Crippen LogP contribution in [-0.4, -0.2) is 28.4 Å². The molecule has 0 aliphatic carbocycles. The molecule has 0 saturated carbocycles. The number of nitrogens with one attached hydrogen (secondary N) is 1. The van der Waals surface area contributed by atoms with Crippen LogP contribution >= 0.6 is 0 Å². The molecule has 0 atom stereocenters. The monoisotopic (exact) mass is 339 g/mol. The topological polar surface area (TPSA) is 45.2 Å². The third kappa shape index (κ3) is 5.89. The highest BCUT2D eigenvalue weighted by Gasteiger charge is 2.19. The molecule has 0 radical (unpaired) electrons. The van der Waals surface area contributed by atoms with Crippen molar-refractivity contribution in [2.24, 2.45) is 5.92 Å². The number of hydrogen-bond donors (Lipinski definition) is 1. The summed E-state index contributed by atoms with van der Waals surface area (Å²) in [7, 11) is 0. The number of carbonyl (C=O) groups excluding carboxylic acids is 1. The Morgan fingerprint density at radius 2 is 1.84 bits per heavy atom. The Morgan fingerprint density at radius 3 is 2.48 bits per heavy atom. The lowest BCUT2D eigenvalue weighted by Crippen LogP contribution is -2.36. The fraction of sp³-hybridized carbons (Fsp3) is 0.429. The van der Waals surface area contributed by atoms with Gasteiger partial charge in [-0.15, -0.1) is 0 Å². The number of carbonyl (C=O) groups is 1. The van der Waals surface area contributed by atoms with E-state index in [-0.39, 0.29) is 11.9 Å². The van der Waals surface area contributed by atoms with E-state index in [4.69, 9.17) is 0 Å². The molecule has 0 saturated heterocycles. The van der Waals surface area contributed by atoms with Gasteiger partial charge in [0.05, 0.1) is 0 Å². The largest absolute Gasteiger partial charge is 0.370 e. The first-order valence-corrected chi connectivity index (χ1v) is 9.02. The fourth-order valence-electron chi connectivity index (χ4n) is 2.58. The van der Waals surface area contributed by atoms with Gasteiger partial charge >= 0.3 is 0 Å². The highest BCUT2D eigenvalue weighted by atomic mass is 16.2. The Bertz CT molecular complexity index is 668. The lowest BCUT2D eigenvalue weighted by Gasteiger charge is -2.27. The molecule has 0 aliphatic rings. The molecule has 1 N–H and O–H groups in total. The van der Waals surface area contributed by atoms with Crippen LogP contribution in [-0.2, 0) is 6.54 Å². The number of benzene rings is 1. The zero-order chi connectivity index (χ0) is 18.2. The average molecular weight is 339 g/mol. The number of nitrogens with zero attached hydrogens (tertiary/aromatic N) is 2. The summed E-state index contributed by atoms with van der Waals surface area (Å²) in [5, 5.41) is 3.31. The van der Waals surface area contributed by atoms with E-state index in [1.165, 1.54) is 0 Å². The normalized spacial score (nSPS) is 11.0. The van der Waals surface area contributed by atoms with Crippen LogP contribution in [0.1, 0.15) is 50.0 Å². The molecule has 2 aromatic rings. The number of aromatic nitrogens is 1. The minimum absolute atomic E-state index is 0.0353. The molecule has 2 rings (SSSR count). The van der Waals surface area contributed by atoms with Crippen molar-refractivity contribution in [2.45, 2.75) is 46.7 Å². The van der Waals surface area contributed by atoms with Crippen LogP contribution in [0.4, 0.5) is 5.82 Å². The second-order valence-electron chi connectivity index (χ2n) is 7.05. The number of pyridine rings is 1. The van der Waals surface area contributed by atoms with E-state index >= 15 is 0 Å². The summed E-state index contributed by atoms with van der Waals surface area (Å²) in [6.45, 7) is 9.95. The number of amides is 1. The van der Waals surface area contributed by atoms with E-state index in [1.54, 1.807) is 12.3 Å². The Morgan fingerprint density at radius 1 is 1.12 bits per heavy atom. The first kappa shape index (κ1) is 19.0. The van der Waals surface area contributed by atoms with Gasteiger partial charge in [0.25, 0.3) is 5.91 Å². The van der Waals surface area contributed by atoms with Gasteiger partial charge in [0.1, 0.15) is 5.82 Å². The number of hydrogen-bond acceptors (Lipinski definition) is 3. The van der Waals surface area contributed by atoms with Gasteiger partial charge in [-0.1, -0.05) is 44.2 Å². The maximum absolute atomic E-state index is 13.0. The summed E-state index contributed by atoms with van der Waals surface area (Å²) in [6.07, 6.45) is 2.78. The van der Waals surface area contributed by atoms with E-state index in [0.29, 0.717) is 18.0 Å². The third-order valence-electron chi connectivity index (χ3n) is 4.11. The zero-order valence-electron chi connectivity index (χ0n) is 15.7. The van der Waals surface area contributed by atoms with E-state index in [9.17, 15) is 4.79 Å². The molecule has 0 unspecified atom stereocenters. The van der Waals surface area contributed by atoms with Gasteiger partial charge in [-0.05, 0) is 43.9 Å². The molecule has 0 aliphatic heterocycles. The zero-order valence-corrected chi connectivity index (χ0v) is 15.7. The lowest BCUT2D eigenvalue weighted by atomic mass is 10.1. The Kier molecular flexibility index (Phi) is 6.99. The maximum atomic E-state index is 13.0. The van der Waals surface area contributed by atoms with Crippen molar-refractivity contribution in [3.05, 3.63) is 59.8 Å². The second kappa shape index (κ2) is 9.21. The summed E-state index contributed by atoms with van der Waals surface area (Å²) in [6, 6.07) is 13.9. The molecule has 4 heteroatoms. The maximum Gasteiger partial charge on any atom is 0.254 e. The second-order valence-corrected chi connectivity index (χ2v) is 7.05. The Labute approximate surface area is 151 Å². The minimum atomic E-state index is 0.0353. The SMILES string of the molecule is CC(C)CCNc1cc(C(=O)N(Cc2ccccc2)C(C)C)ccn1. The van der Waals surface area contributed by atoms with Crippen molar-refractivity contribution in [3.8, 4) is 0 Å². The lowest BCUT2D eigenvalue weighted by molar-refractivity contribution is 0.0690. The molecule has 134 valence electrons. The molecule has 0 bridgehead atoms. The molecular formula is C21H29N3O. The van der Waals surface area contributed by atoms with E-state index in [2.05, 4.69) is 24.1 Å². The summed E-state index contributed by atoms with van der Waals surface area (Å²) < 4.78 is 0. The minimum Gasteiger partial charge on any atom is -0.370 e. The summed E-state index contributed by atoms with van der Waals surface area (Å²) in [5.74, 6) is 1.43. The van der Waals surface area contributed by atoms with Crippen LogP contribution in [0.25, 0.3) is 0 Å². The van der Waals surface area contributed by atoms with Gasteiger partial charge in [0.15, 0.2) is 0 Å². The van der Waals surface area contributed by atoms with Crippen molar-refractivity contribution in [2.75, 3.05) is 11.9 Å². The molecule has 0 fully saturated rings.